The highest BCUT2D eigenvalue weighted by Gasteiger charge is 2.16. The molecule has 6 nitrogen and oxygen atoms in total. The number of aromatic hydroxyl groups is 2. The number of phenols is 2. The predicted octanol–water partition coefficient (Wildman–Crippen LogP) is 3.76. The van der Waals surface area contributed by atoms with Crippen LogP contribution in [0.4, 0.5) is 0 Å². The molecule has 2 N–H and O–H groups in total. The van der Waals surface area contributed by atoms with Crippen molar-refractivity contribution >= 4 is 22.0 Å². The Morgan fingerprint density at radius 2 is 1.32 bits per heavy atom. The topological polar surface area (TPSA) is 101 Å². The second-order valence-corrected chi connectivity index (χ2v) is 7.39. The van der Waals surface area contributed by atoms with E-state index in [0.29, 0.717) is 5.56 Å². The lowest BCUT2D eigenvalue weighted by molar-refractivity contribution is 0.104. The summed E-state index contributed by atoms with van der Waals surface area (Å²) in [6.45, 7) is 0. The number of carbonyl (C=O) groups excluding carboxylic acids is 1. The van der Waals surface area contributed by atoms with Gasteiger partial charge in [0.05, 0.1) is 0 Å². The largest absolute Gasteiger partial charge is 0.508 e. The van der Waals surface area contributed by atoms with Gasteiger partial charge in [0.15, 0.2) is 5.78 Å². The third kappa shape index (κ3) is 4.77. The Kier molecular flexibility index (Phi) is 5.47. The van der Waals surface area contributed by atoms with Crippen LogP contribution in [0.5, 0.6) is 17.2 Å². The number of carbonyl (C=O) groups is 1. The first-order chi connectivity index (χ1) is 13.3. The summed E-state index contributed by atoms with van der Waals surface area (Å²) in [5.41, 5.74) is 1.12. The third-order valence-electron chi connectivity index (χ3n) is 3.79. The van der Waals surface area contributed by atoms with Gasteiger partial charge < -0.3 is 14.4 Å². The lowest BCUT2D eigenvalue weighted by Crippen LogP contribution is -2.09. The SMILES string of the molecule is O=C(/C=C/c1ccc(O)cc1)c1ccc(OS(=O)(=O)c2ccc(O)cc2)cc1. The van der Waals surface area contributed by atoms with E-state index >= 15 is 0 Å². The Labute approximate surface area is 162 Å². The van der Waals surface area contributed by atoms with Gasteiger partial charge in [0.25, 0.3) is 0 Å². The molecule has 0 aliphatic carbocycles. The molecule has 0 saturated carbocycles. The molecule has 7 heteroatoms. The van der Waals surface area contributed by atoms with Crippen LogP contribution in [-0.4, -0.2) is 24.4 Å². The van der Waals surface area contributed by atoms with Crippen molar-refractivity contribution in [2.75, 3.05) is 0 Å². The Bertz CT molecular complexity index is 1100. The van der Waals surface area contributed by atoms with Gasteiger partial charge in [0.1, 0.15) is 22.1 Å². The van der Waals surface area contributed by atoms with Crippen molar-refractivity contribution in [2.45, 2.75) is 4.90 Å². The van der Waals surface area contributed by atoms with Gasteiger partial charge in [0.2, 0.25) is 0 Å². The maximum Gasteiger partial charge on any atom is 0.339 e. The van der Waals surface area contributed by atoms with E-state index in [1.54, 1.807) is 18.2 Å². The zero-order valence-electron chi connectivity index (χ0n) is 14.5. The first-order valence-electron chi connectivity index (χ1n) is 8.18. The van der Waals surface area contributed by atoms with Gasteiger partial charge in [-0.05, 0) is 72.3 Å². The number of hydrogen-bond acceptors (Lipinski definition) is 6. The van der Waals surface area contributed by atoms with Crippen molar-refractivity contribution in [3.63, 3.8) is 0 Å². The molecule has 3 aromatic carbocycles. The second kappa shape index (κ2) is 7.98. The van der Waals surface area contributed by atoms with E-state index in [2.05, 4.69) is 0 Å². The van der Waals surface area contributed by atoms with E-state index in [-0.39, 0.29) is 27.9 Å². The van der Waals surface area contributed by atoms with Crippen LogP contribution in [0.3, 0.4) is 0 Å². The lowest BCUT2D eigenvalue weighted by Gasteiger charge is -2.07. The van der Waals surface area contributed by atoms with Crippen molar-refractivity contribution in [3.8, 4) is 17.2 Å². The molecular weight excluding hydrogens is 380 g/mol. The van der Waals surface area contributed by atoms with Crippen molar-refractivity contribution in [1.29, 1.82) is 0 Å². The molecule has 142 valence electrons. The van der Waals surface area contributed by atoms with Crippen LogP contribution < -0.4 is 4.18 Å². The molecule has 0 radical (unpaired) electrons. The van der Waals surface area contributed by atoms with Gasteiger partial charge in [-0.1, -0.05) is 18.2 Å². The van der Waals surface area contributed by atoms with Crippen LogP contribution in [0.2, 0.25) is 0 Å². The average molecular weight is 396 g/mol. The quantitative estimate of drug-likeness (QED) is 0.374. The zero-order valence-corrected chi connectivity index (χ0v) is 15.3. The fourth-order valence-corrected chi connectivity index (χ4v) is 3.25. The van der Waals surface area contributed by atoms with E-state index in [1.165, 1.54) is 66.7 Å². The smallest absolute Gasteiger partial charge is 0.339 e. The summed E-state index contributed by atoms with van der Waals surface area (Å²) in [6.07, 6.45) is 3.00. The molecule has 0 atom stereocenters. The lowest BCUT2D eigenvalue weighted by atomic mass is 10.1. The fraction of sp³-hybridized carbons (Fsp3) is 0. The van der Waals surface area contributed by atoms with Gasteiger partial charge in [-0.3, -0.25) is 4.79 Å². The number of phenolic OH excluding ortho intramolecular Hbond substituents is 2. The molecule has 0 aromatic heterocycles. The highest BCUT2D eigenvalue weighted by atomic mass is 32.2. The summed E-state index contributed by atoms with van der Waals surface area (Å²) < 4.78 is 29.5. The van der Waals surface area contributed by atoms with Crippen molar-refractivity contribution < 1.29 is 27.6 Å². The highest BCUT2D eigenvalue weighted by Crippen LogP contribution is 2.21. The van der Waals surface area contributed by atoms with E-state index in [1.807, 2.05) is 0 Å². The summed E-state index contributed by atoms with van der Waals surface area (Å²) in [5, 5.41) is 18.5. The summed E-state index contributed by atoms with van der Waals surface area (Å²) in [5.74, 6) is -0.114. The Balaban J connectivity index is 1.69. The summed E-state index contributed by atoms with van der Waals surface area (Å²) in [4.78, 5) is 12.1. The van der Waals surface area contributed by atoms with Gasteiger partial charge in [0, 0.05) is 5.56 Å². The maximum absolute atomic E-state index is 12.2. The molecule has 0 bridgehead atoms. The Hall–Kier alpha value is -3.58. The zero-order chi connectivity index (χ0) is 20.1. The third-order valence-corrected chi connectivity index (χ3v) is 5.05. The molecular formula is C21H16O6S. The number of rotatable bonds is 6. The van der Waals surface area contributed by atoms with E-state index in [9.17, 15) is 23.4 Å². The van der Waals surface area contributed by atoms with Crippen LogP contribution in [-0.2, 0) is 10.1 Å². The average Bonchev–Trinajstić information content (AvgIpc) is 2.68. The summed E-state index contributed by atoms with van der Waals surface area (Å²) >= 11 is 0. The van der Waals surface area contributed by atoms with Crippen LogP contribution in [0.1, 0.15) is 15.9 Å². The number of ketones is 1. The number of allylic oxidation sites excluding steroid dienone is 1. The van der Waals surface area contributed by atoms with Crippen LogP contribution >= 0.6 is 0 Å². The van der Waals surface area contributed by atoms with Crippen molar-refractivity contribution in [1.82, 2.24) is 0 Å². The highest BCUT2D eigenvalue weighted by molar-refractivity contribution is 7.87. The fourth-order valence-electron chi connectivity index (χ4n) is 2.32. The minimum Gasteiger partial charge on any atom is -0.508 e. The van der Waals surface area contributed by atoms with Gasteiger partial charge in [-0.15, -0.1) is 0 Å². The predicted molar refractivity (Wildman–Crippen MR) is 104 cm³/mol. The van der Waals surface area contributed by atoms with E-state index in [0.717, 1.165) is 5.56 Å². The minimum atomic E-state index is -4.04. The maximum atomic E-state index is 12.2. The number of benzene rings is 3. The molecule has 0 aliphatic rings. The number of hydrogen-bond donors (Lipinski definition) is 2. The molecule has 0 saturated heterocycles. The summed E-state index contributed by atoms with van der Waals surface area (Å²) in [7, 11) is -4.04. The standard InChI is InChI=1S/C21H16O6S/c22-17-6-1-15(2-7-17)3-14-21(24)16-4-10-19(11-5-16)27-28(25,26)20-12-8-18(23)9-13-20/h1-14,22-23H/b14-3+. The van der Waals surface area contributed by atoms with Gasteiger partial charge in [-0.25, -0.2) is 0 Å². The minimum absolute atomic E-state index is 0.0535. The first-order valence-corrected chi connectivity index (χ1v) is 9.59. The Morgan fingerprint density at radius 1 is 0.786 bits per heavy atom. The van der Waals surface area contributed by atoms with E-state index in [4.69, 9.17) is 4.18 Å². The van der Waals surface area contributed by atoms with Crippen LogP contribution in [0.15, 0.2) is 83.8 Å². The molecule has 0 amide bonds. The van der Waals surface area contributed by atoms with Crippen molar-refractivity contribution in [3.05, 3.63) is 90.0 Å². The molecule has 3 aromatic rings. The molecule has 0 heterocycles. The molecule has 0 spiro atoms. The second-order valence-electron chi connectivity index (χ2n) is 5.84. The first kappa shape index (κ1) is 19.2. The van der Waals surface area contributed by atoms with Crippen LogP contribution in [0.25, 0.3) is 6.08 Å². The monoisotopic (exact) mass is 396 g/mol. The summed E-state index contributed by atoms with van der Waals surface area (Å²) in [6, 6.07) is 17.0. The Morgan fingerprint density at radius 3 is 1.89 bits per heavy atom. The molecule has 0 fully saturated rings. The molecule has 28 heavy (non-hydrogen) atoms. The molecule has 0 aliphatic heterocycles. The van der Waals surface area contributed by atoms with Crippen LogP contribution in [0, 0.1) is 0 Å². The van der Waals surface area contributed by atoms with Crippen molar-refractivity contribution in [2.24, 2.45) is 0 Å². The molecule has 0 unspecified atom stereocenters. The molecule has 3 rings (SSSR count). The normalized spacial score (nSPS) is 11.4. The van der Waals surface area contributed by atoms with Gasteiger partial charge >= 0.3 is 10.1 Å². The van der Waals surface area contributed by atoms with E-state index < -0.39 is 10.1 Å². The van der Waals surface area contributed by atoms with Gasteiger partial charge in [-0.2, -0.15) is 8.42 Å².